The number of hydrogen-bond acceptors (Lipinski definition) is 2. The molecule has 0 aliphatic carbocycles. The average Bonchev–Trinajstić information content (AvgIpc) is 2.84. The molecule has 0 N–H and O–H groups in total. The van der Waals surface area contributed by atoms with Crippen LogP contribution in [0.2, 0.25) is 0 Å². The van der Waals surface area contributed by atoms with Crippen molar-refractivity contribution in [1.29, 1.82) is 0 Å². The van der Waals surface area contributed by atoms with E-state index in [0.717, 1.165) is 5.92 Å². The first-order chi connectivity index (χ1) is 11.0. The third-order valence-electron chi connectivity index (χ3n) is 5.18. The predicted molar refractivity (Wildman–Crippen MR) is 101 cm³/mol. The minimum absolute atomic E-state index is 0.507. The molecule has 0 unspecified atom stereocenters. The third kappa shape index (κ3) is 3.40. The summed E-state index contributed by atoms with van der Waals surface area (Å²) in [6.45, 7) is 10.3. The molecule has 0 bridgehead atoms. The number of benzene rings is 1. The molecule has 3 heteroatoms. The monoisotopic (exact) mass is 313 g/mol. The molecule has 3 nitrogen and oxygen atoms in total. The van der Waals surface area contributed by atoms with Crippen molar-refractivity contribution in [3.05, 3.63) is 30.0 Å². The molecule has 3 rings (SSSR count). The molecule has 23 heavy (non-hydrogen) atoms. The van der Waals surface area contributed by atoms with E-state index in [4.69, 9.17) is 0 Å². The van der Waals surface area contributed by atoms with E-state index < -0.39 is 0 Å². The molecular weight excluding hydrogens is 282 g/mol. The zero-order valence-electron chi connectivity index (χ0n) is 15.3. The molecule has 1 aliphatic rings. The molecule has 1 fully saturated rings. The highest BCUT2D eigenvalue weighted by atomic mass is 15.1. The average molecular weight is 313 g/mol. The van der Waals surface area contributed by atoms with Crippen molar-refractivity contribution in [3.8, 4) is 0 Å². The van der Waals surface area contributed by atoms with Crippen molar-refractivity contribution in [2.24, 2.45) is 5.92 Å². The summed E-state index contributed by atoms with van der Waals surface area (Å²) in [6, 6.07) is 7.53. The van der Waals surface area contributed by atoms with Gasteiger partial charge in [0.25, 0.3) is 0 Å². The molecule has 0 amide bonds. The number of aryl methyl sites for hydroxylation is 1. The summed E-state index contributed by atoms with van der Waals surface area (Å²) in [6.07, 6.45) is 4.91. The SMILES string of the molecule is Cc1cn(C(C)C)c2cc(N3CCC(CN(C)C)CC3)ccc12. The lowest BCUT2D eigenvalue weighted by atomic mass is 9.96. The lowest BCUT2D eigenvalue weighted by molar-refractivity contribution is 0.285. The summed E-state index contributed by atoms with van der Waals surface area (Å²) < 4.78 is 2.41. The predicted octanol–water partition coefficient (Wildman–Crippen LogP) is 4.31. The maximum Gasteiger partial charge on any atom is 0.0506 e. The van der Waals surface area contributed by atoms with Crippen molar-refractivity contribution < 1.29 is 0 Å². The highest BCUT2D eigenvalue weighted by Crippen LogP contribution is 2.30. The summed E-state index contributed by atoms with van der Waals surface area (Å²) in [5.41, 5.74) is 4.15. The molecule has 0 atom stereocenters. The van der Waals surface area contributed by atoms with Crippen LogP contribution in [0.3, 0.4) is 0 Å². The van der Waals surface area contributed by atoms with Crippen LogP contribution in [0.5, 0.6) is 0 Å². The summed E-state index contributed by atoms with van der Waals surface area (Å²) in [5.74, 6) is 0.853. The van der Waals surface area contributed by atoms with Gasteiger partial charge in [0.15, 0.2) is 0 Å². The minimum Gasteiger partial charge on any atom is -0.371 e. The van der Waals surface area contributed by atoms with Gasteiger partial charge in [-0.2, -0.15) is 0 Å². The van der Waals surface area contributed by atoms with Gasteiger partial charge in [0.1, 0.15) is 0 Å². The first-order valence-electron chi connectivity index (χ1n) is 8.96. The van der Waals surface area contributed by atoms with Crippen molar-refractivity contribution in [2.45, 2.75) is 39.7 Å². The number of nitrogens with zero attached hydrogens (tertiary/aromatic N) is 3. The number of fused-ring (bicyclic) bond motifs is 1. The summed E-state index contributed by atoms with van der Waals surface area (Å²) in [5, 5.41) is 1.39. The Bertz CT molecular complexity index is 661. The van der Waals surface area contributed by atoms with Crippen LogP contribution in [0.15, 0.2) is 24.4 Å². The van der Waals surface area contributed by atoms with Crippen LogP contribution < -0.4 is 4.90 Å². The third-order valence-corrected chi connectivity index (χ3v) is 5.18. The molecule has 2 heterocycles. The van der Waals surface area contributed by atoms with Gasteiger partial charge in [0.2, 0.25) is 0 Å². The lowest BCUT2D eigenvalue weighted by Gasteiger charge is -2.34. The molecule has 1 saturated heterocycles. The maximum absolute atomic E-state index is 2.57. The Hall–Kier alpha value is -1.48. The van der Waals surface area contributed by atoms with Gasteiger partial charge in [-0.15, -0.1) is 0 Å². The Morgan fingerprint density at radius 2 is 1.87 bits per heavy atom. The number of rotatable bonds is 4. The molecule has 1 aromatic heterocycles. The van der Waals surface area contributed by atoms with Crippen molar-refractivity contribution in [3.63, 3.8) is 0 Å². The van der Waals surface area contributed by atoms with Gasteiger partial charge in [-0.3, -0.25) is 0 Å². The molecule has 126 valence electrons. The zero-order chi connectivity index (χ0) is 16.6. The lowest BCUT2D eigenvalue weighted by Crippen LogP contribution is -2.37. The smallest absolute Gasteiger partial charge is 0.0506 e. The van der Waals surface area contributed by atoms with Crippen LogP contribution in [-0.4, -0.2) is 43.2 Å². The fourth-order valence-corrected chi connectivity index (χ4v) is 3.93. The molecule has 0 saturated carbocycles. The minimum atomic E-state index is 0.507. The first kappa shape index (κ1) is 16.4. The van der Waals surface area contributed by atoms with E-state index in [1.54, 1.807) is 0 Å². The number of anilines is 1. The molecular formula is C20H31N3. The van der Waals surface area contributed by atoms with Gasteiger partial charge in [-0.1, -0.05) is 6.07 Å². The zero-order valence-corrected chi connectivity index (χ0v) is 15.3. The Morgan fingerprint density at radius 3 is 2.48 bits per heavy atom. The topological polar surface area (TPSA) is 11.4 Å². The normalized spacial score (nSPS) is 16.9. The second-order valence-corrected chi connectivity index (χ2v) is 7.71. The van der Waals surface area contributed by atoms with Crippen LogP contribution in [0.4, 0.5) is 5.69 Å². The fraction of sp³-hybridized carbons (Fsp3) is 0.600. The van der Waals surface area contributed by atoms with Gasteiger partial charge in [0, 0.05) is 42.9 Å². The van der Waals surface area contributed by atoms with E-state index in [0.29, 0.717) is 6.04 Å². The molecule has 1 aliphatic heterocycles. The van der Waals surface area contributed by atoms with Crippen LogP contribution in [0.1, 0.15) is 38.3 Å². The van der Waals surface area contributed by atoms with Crippen molar-refractivity contribution >= 4 is 16.6 Å². The van der Waals surface area contributed by atoms with Crippen LogP contribution >= 0.6 is 0 Å². The Labute approximate surface area is 140 Å². The fourth-order valence-electron chi connectivity index (χ4n) is 3.93. The Kier molecular flexibility index (Phi) is 4.67. The van der Waals surface area contributed by atoms with E-state index in [1.165, 1.54) is 54.6 Å². The largest absolute Gasteiger partial charge is 0.371 e. The van der Waals surface area contributed by atoms with Gasteiger partial charge in [-0.05, 0) is 71.3 Å². The van der Waals surface area contributed by atoms with Crippen LogP contribution in [0, 0.1) is 12.8 Å². The standard InChI is InChI=1S/C20H31N3/c1-15(2)23-13-16(3)19-7-6-18(12-20(19)23)22-10-8-17(9-11-22)14-21(4)5/h6-7,12-13,15,17H,8-11,14H2,1-5H3. The summed E-state index contributed by atoms with van der Waals surface area (Å²) in [7, 11) is 4.37. The van der Waals surface area contributed by atoms with E-state index >= 15 is 0 Å². The number of hydrogen-bond donors (Lipinski definition) is 0. The highest BCUT2D eigenvalue weighted by Gasteiger charge is 2.20. The van der Waals surface area contributed by atoms with Crippen molar-refractivity contribution in [2.75, 3.05) is 38.6 Å². The molecule has 0 spiro atoms. The molecule has 2 aromatic rings. The van der Waals surface area contributed by atoms with Crippen LogP contribution in [0.25, 0.3) is 10.9 Å². The molecule has 1 aromatic carbocycles. The Morgan fingerprint density at radius 1 is 1.17 bits per heavy atom. The number of piperidine rings is 1. The number of aromatic nitrogens is 1. The Balaban J connectivity index is 1.80. The van der Waals surface area contributed by atoms with Gasteiger partial charge >= 0.3 is 0 Å². The van der Waals surface area contributed by atoms with E-state index in [9.17, 15) is 0 Å². The second-order valence-electron chi connectivity index (χ2n) is 7.71. The summed E-state index contributed by atoms with van der Waals surface area (Å²) in [4.78, 5) is 4.89. The van der Waals surface area contributed by atoms with Crippen LogP contribution in [-0.2, 0) is 0 Å². The second kappa shape index (κ2) is 6.56. The van der Waals surface area contributed by atoms with E-state index in [-0.39, 0.29) is 0 Å². The summed E-state index contributed by atoms with van der Waals surface area (Å²) >= 11 is 0. The van der Waals surface area contributed by atoms with Gasteiger partial charge in [-0.25, -0.2) is 0 Å². The van der Waals surface area contributed by atoms with E-state index in [2.05, 4.69) is 73.6 Å². The van der Waals surface area contributed by atoms with Crippen molar-refractivity contribution in [1.82, 2.24) is 9.47 Å². The first-order valence-corrected chi connectivity index (χ1v) is 8.96. The van der Waals surface area contributed by atoms with Gasteiger partial charge in [0.05, 0.1) is 5.52 Å². The highest BCUT2D eigenvalue weighted by molar-refractivity contribution is 5.87. The van der Waals surface area contributed by atoms with E-state index in [1.807, 2.05) is 0 Å². The quantitative estimate of drug-likeness (QED) is 0.833. The molecule has 0 radical (unpaired) electrons. The van der Waals surface area contributed by atoms with Gasteiger partial charge < -0.3 is 14.4 Å². The maximum atomic E-state index is 2.57.